The molecule has 1 saturated heterocycles. The molecule has 0 spiro atoms. The first-order chi connectivity index (χ1) is 21.5. The van der Waals surface area contributed by atoms with Gasteiger partial charge in [-0.15, -0.1) is 0 Å². The first-order valence-electron chi connectivity index (χ1n) is 13.5. The van der Waals surface area contributed by atoms with E-state index < -0.39 is 51.4 Å². The van der Waals surface area contributed by atoms with Gasteiger partial charge in [0.25, 0.3) is 0 Å². The van der Waals surface area contributed by atoms with Crippen molar-refractivity contribution in [2.45, 2.75) is 28.9 Å². The van der Waals surface area contributed by atoms with Crippen LogP contribution in [0.2, 0.25) is 0 Å². The van der Waals surface area contributed by atoms with E-state index in [1.165, 1.54) is 24.9 Å². The third-order valence-corrected chi connectivity index (χ3v) is 10.2. The van der Waals surface area contributed by atoms with Crippen molar-refractivity contribution >= 4 is 52.2 Å². The number of carbonyl (C=O) groups excluding carboxylic acids is 3. The molecule has 3 amide bonds. The van der Waals surface area contributed by atoms with E-state index in [4.69, 9.17) is 9.47 Å². The van der Waals surface area contributed by atoms with Crippen molar-refractivity contribution in [1.82, 2.24) is 4.57 Å². The van der Waals surface area contributed by atoms with Crippen LogP contribution in [0.4, 0.5) is 24.5 Å². The number of hydrogen-bond acceptors (Lipinski definition) is 8. The highest BCUT2D eigenvalue weighted by molar-refractivity contribution is 8.00. The molecule has 1 aromatic heterocycles. The van der Waals surface area contributed by atoms with Gasteiger partial charge in [-0.2, -0.15) is 13.2 Å². The van der Waals surface area contributed by atoms with Gasteiger partial charge in [0.15, 0.2) is 0 Å². The molecule has 0 radical (unpaired) electrons. The number of thiazole rings is 1. The van der Waals surface area contributed by atoms with E-state index in [0.717, 1.165) is 46.2 Å². The average molecular weight is 656 g/mol. The van der Waals surface area contributed by atoms with Gasteiger partial charge in [-0.05, 0) is 60.2 Å². The zero-order chi connectivity index (χ0) is 32.0. The summed E-state index contributed by atoms with van der Waals surface area (Å²) < 4.78 is 52.2. The lowest BCUT2D eigenvalue weighted by Crippen LogP contribution is -2.33. The summed E-state index contributed by atoms with van der Waals surface area (Å²) in [6, 6.07) is 17.5. The van der Waals surface area contributed by atoms with Crippen LogP contribution in [0.3, 0.4) is 0 Å². The molecule has 14 heteroatoms. The largest absolute Gasteiger partial charge is 0.497 e. The van der Waals surface area contributed by atoms with E-state index in [1.807, 2.05) is 0 Å². The molecule has 2 aliphatic heterocycles. The van der Waals surface area contributed by atoms with Gasteiger partial charge in [-0.3, -0.25) is 23.7 Å². The lowest BCUT2D eigenvalue weighted by atomic mass is 9.83. The molecule has 3 atom stereocenters. The number of nitrogens with one attached hydrogen (secondary N) is 1. The summed E-state index contributed by atoms with van der Waals surface area (Å²) >= 11 is 1.84. The summed E-state index contributed by atoms with van der Waals surface area (Å²) in [6.45, 7) is -0.365. The number of halogens is 3. The average Bonchev–Trinajstić information content (AvgIpc) is 3.47. The number of fused-ring (bicyclic) bond motifs is 2. The van der Waals surface area contributed by atoms with Gasteiger partial charge in [0.2, 0.25) is 17.7 Å². The van der Waals surface area contributed by atoms with Crippen molar-refractivity contribution < 1.29 is 37.0 Å². The van der Waals surface area contributed by atoms with Crippen LogP contribution in [-0.4, -0.2) is 41.8 Å². The minimum atomic E-state index is -4.68. The molecule has 0 unspecified atom stereocenters. The summed E-state index contributed by atoms with van der Waals surface area (Å²) in [5.41, 5.74) is -0.0980. The Kier molecular flexibility index (Phi) is 7.95. The number of imide groups is 1. The highest BCUT2D eigenvalue weighted by atomic mass is 32.2. The standard InChI is InChI=1S/C31H24F3N3O6S2/c1-42-20-10-6-16(7-11-20)23-24-25(28(40)37(27(24)39)19-5-3-4-17(14-19)31(32,33)34)44-29-26(23)45-30(41)36(29)15-22(38)35-18-8-12-21(43-2)13-9-18/h3-14,23-25H,15H2,1-2H3,(H,35,38)/t23-,24+,25-/m0/s1. The molecule has 3 aromatic carbocycles. The maximum Gasteiger partial charge on any atom is 0.416 e. The molecule has 4 aromatic rings. The second-order valence-corrected chi connectivity index (χ2v) is 12.4. The quantitative estimate of drug-likeness (QED) is 0.267. The second kappa shape index (κ2) is 11.7. The molecular weight excluding hydrogens is 631 g/mol. The Morgan fingerprint density at radius 2 is 1.56 bits per heavy atom. The van der Waals surface area contributed by atoms with Gasteiger partial charge in [-0.25, -0.2) is 4.90 Å². The van der Waals surface area contributed by atoms with E-state index in [0.29, 0.717) is 32.7 Å². The van der Waals surface area contributed by atoms with Crippen molar-refractivity contribution in [2.75, 3.05) is 24.4 Å². The highest BCUT2D eigenvalue weighted by Crippen LogP contribution is 2.54. The lowest BCUT2D eigenvalue weighted by Gasteiger charge is -2.30. The molecule has 45 heavy (non-hydrogen) atoms. The molecule has 6 rings (SSSR count). The van der Waals surface area contributed by atoms with Crippen LogP contribution in [0.5, 0.6) is 11.5 Å². The summed E-state index contributed by atoms with van der Waals surface area (Å²) in [7, 11) is 3.01. The number of benzene rings is 3. The number of aromatic nitrogens is 1. The number of alkyl halides is 3. The van der Waals surface area contributed by atoms with Gasteiger partial charge in [0, 0.05) is 16.5 Å². The van der Waals surface area contributed by atoms with Crippen molar-refractivity contribution in [1.29, 1.82) is 0 Å². The minimum absolute atomic E-state index is 0.192. The number of thioether (sulfide) groups is 1. The van der Waals surface area contributed by atoms with Crippen LogP contribution in [0.15, 0.2) is 82.6 Å². The Balaban J connectivity index is 1.39. The zero-order valence-electron chi connectivity index (χ0n) is 23.7. The van der Waals surface area contributed by atoms with Gasteiger partial charge < -0.3 is 14.8 Å². The van der Waals surface area contributed by atoms with E-state index in [-0.39, 0.29) is 12.2 Å². The fraction of sp³-hybridized carbons (Fsp3) is 0.226. The summed E-state index contributed by atoms with van der Waals surface area (Å²) in [4.78, 5) is 55.0. The van der Waals surface area contributed by atoms with Crippen molar-refractivity contribution in [3.8, 4) is 11.5 Å². The first-order valence-corrected chi connectivity index (χ1v) is 15.2. The smallest absolute Gasteiger partial charge is 0.416 e. The number of ether oxygens (including phenoxy) is 2. The molecule has 0 saturated carbocycles. The molecule has 0 bridgehead atoms. The Labute approximate surface area is 262 Å². The number of methoxy groups -OCH3 is 2. The molecule has 1 N–H and O–H groups in total. The van der Waals surface area contributed by atoms with E-state index in [1.54, 1.807) is 48.5 Å². The number of amides is 3. The fourth-order valence-corrected chi connectivity index (χ4v) is 8.29. The minimum Gasteiger partial charge on any atom is -0.497 e. The third kappa shape index (κ3) is 5.59. The number of hydrogen-bond donors (Lipinski definition) is 1. The van der Waals surface area contributed by atoms with Crippen LogP contribution >= 0.6 is 23.1 Å². The molecular formula is C31H24F3N3O6S2. The van der Waals surface area contributed by atoms with Crippen molar-refractivity contribution in [3.63, 3.8) is 0 Å². The lowest BCUT2D eigenvalue weighted by molar-refractivity contribution is -0.137. The Morgan fingerprint density at radius 3 is 2.18 bits per heavy atom. The molecule has 0 aliphatic carbocycles. The van der Waals surface area contributed by atoms with E-state index >= 15 is 0 Å². The normalized spacial score (nSPS) is 19.2. The maximum absolute atomic E-state index is 14.0. The number of rotatable bonds is 7. The maximum atomic E-state index is 14.0. The predicted molar refractivity (Wildman–Crippen MR) is 162 cm³/mol. The van der Waals surface area contributed by atoms with Crippen LogP contribution in [0.1, 0.15) is 21.9 Å². The van der Waals surface area contributed by atoms with E-state index in [9.17, 15) is 32.3 Å². The predicted octanol–water partition coefficient (Wildman–Crippen LogP) is 5.38. The van der Waals surface area contributed by atoms with Gasteiger partial charge in [-0.1, -0.05) is 41.3 Å². The Morgan fingerprint density at radius 1 is 0.911 bits per heavy atom. The van der Waals surface area contributed by atoms with Gasteiger partial charge in [0.05, 0.1) is 36.4 Å². The summed E-state index contributed by atoms with van der Waals surface area (Å²) in [5, 5.41) is 2.03. The molecule has 232 valence electrons. The summed E-state index contributed by atoms with van der Waals surface area (Å²) in [6.07, 6.45) is -4.68. The van der Waals surface area contributed by atoms with Crippen molar-refractivity contribution in [2.24, 2.45) is 5.92 Å². The second-order valence-electron chi connectivity index (χ2n) is 10.3. The fourth-order valence-electron chi connectivity index (χ4n) is 5.52. The molecule has 3 heterocycles. The topological polar surface area (TPSA) is 107 Å². The first kappa shape index (κ1) is 30.5. The van der Waals surface area contributed by atoms with Crippen LogP contribution in [0.25, 0.3) is 0 Å². The SMILES string of the molecule is COc1ccc(NC(=O)Cn2c3c(sc2=O)[C@@H](c2ccc(OC)cc2)[C@H]2C(=O)N(c4cccc(C(F)(F)F)c4)C(=O)[C@H]2S3)cc1. The number of carbonyl (C=O) groups is 3. The molecule has 2 aliphatic rings. The number of anilines is 2. The highest BCUT2D eigenvalue weighted by Gasteiger charge is 2.57. The summed E-state index contributed by atoms with van der Waals surface area (Å²) in [5.74, 6) is -2.53. The third-order valence-electron chi connectivity index (χ3n) is 7.63. The zero-order valence-corrected chi connectivity index (χ0v) is 25.3. The van der Waals surface area contributed by atoms with Gasteiger partial charge >= 0.3 is 11.0 Å². The van der Waals surface area contributed by atoms with Gasteiger partial charge in [0.1, 0.15) is 23.3 Å². The Hall–Kier alpha value is -4.56. The number of nitrogens with zero attached hydrogens (tertiary/aromatic N) is 2. The molecule has 9 nitrogen and oxygen atoms in total. The monoisotopic (exact) mass is 655 g/mol. The van der Waals surface area contributed by atoms with E-state index in [2.05, 4.69) is 5.32 Å². The Bertz CT molecular complexity index is 1850. The molecule has 1 fully saturated rings. The van der Waals surface area contributed by atoms with Crippen LogP contribution < -0.4 is 24.6 Å². The van der Waals surface area contributed by atoms with Crippen molar-refractivity contribution in [3.05, 3.63) is 98.5 Å². The van der Waals surface area contributed by atoms with Crippen LogP contribution in [0, 0.1) is 5.92 Å². The van der Waals surface area contributed by atoms with Crippen LogP contribution in [-0.2, 0) is 27.1 Å².